The lowest BCUT2D eigenvalue weighted by Crippen LogP contribution is -2.39. The number of phenolic OH excluding ortho intramolecular Hbond substituents is 1. The number of carbonyl (C=O) groups excluding carboxylic acids is 1. The van der Waals surface area contributed by atoms with Crippen LogP contribution in [0.5, 0.6) is 17.2 Å². The average molecular weight is 461 g/mol. The van der Waals surface area contributed by atoms with Gasteiger partial charge in [-0.2, -0.15) is 0 Å². The lowest BCUT2D eigenvalue weighted by atomic mass is 9.97. The van der Waals surface area contributed by atoms with Crippen LogP contribution in [0.2, 0.25) is 0 Å². The Bertz CT molecular complexity index is 1170. The summed E-state index contributed by atoms with van der Waals surface area (Å²) in [5, 5.41) is 18.0. The van der Waals surface area contributed by atoms with Crippen LogP contribution in [-0.4, -0.2) is 31.9 Å². The van der Waals surface area contributed by atoms with Crippen LogP contribution >= 0.6 is 0 Å². The maximum atomic E-state index is 11.8. The molecule has 0 saturated heterocycles. The van der Waals surface area contributed by atoms with Gasteiger partial charge in [0.15, 0.2) is 11.5 Å². The molecule has 2 unspecified atom stereocenters. The molecule has 1 aliphatic rings. The fraction of sp³-hybridized carbons (Fsp3) is 0.222. The summed E-state index contributed by atoms with van der Waals surface area (Å²) >= 11 is 0. The van der Waals surface area contributed by atoms with Crippen LogP contribution in [0.1, 0.15) is 46.2 Å². The number of hydrogen-bond acceptors (Lipinski definition) is 7. The summed E-state index contributed by atoms with van der Waals surface area (Å²) in [6.45, 7) is 2.34. The number of methoxy groups -OCH3 is 2. The Balaban J connectivity index is 1.72. The van der Waals surface area contributed by atoms with E-state index in [2.05, 4.69) is 10.6 Å². The minimum absolute atomic E-state index is 0.105. The van der Waals surface area contributed by atoms with E-state index in [1.807, 2.05) is 61.5 Å². The van der Waals surface area contributed by atoms with E-state index >= 15 is 0 Å². The lowest BCUT2D eigenvalue weighted by Gasteiger charge is -2.33. The Morgan fingerprint density at radius 3 is 2.38 bits per heavy atom. The second-order valence-electron chi connectivity index (χ2n) is 7.77. The van der Waals surface area contributed by atoms with Gasteiger partial charge in [-0.1, -0.05) is 24.3 Å². The summed E-state index contributed by atoms with van der Waals surface area (Å²) in [4.78, 5) is 11.8. The first-order chi connectivity index (χ1) is 16.5. The van der Waals surface area contributed by atoms with E-state index < -0.39 is 0 Å². The topological polar surface area (TPSA) is 89.1 Å². The van der Waals surface area contributed by atoms with Crippen molar-refractivity contribution < 1.29 is 24.1 Å². The number of phenols is 1. The monoisotopic (exact) mass is 460 g/mol. The van der Waals surface area contributed by atoms with Gasteiger partial charge in [0.05, 0.1) is 32.4 Å². The second-order valence-corrected chi connectivity index (χ2v) is 7.77. The quantitative estimate of drug-likeness (QED) is 0.446. The Morgan fingerprint density at radius 1 is 1.00 bits per heavy atom. The molecule has 0 spiro atoms. The lowest BCUT2D eigenvalue weighted by molar-refractivity contribution is 0.0600. The van der Waals surface area contributed by atoms with Crippen molar-refractivity contribution in [1.82, 2.24) is 10.6 Å². The van der Waals surface area contributed by atoms with Crippen molar-refractivity contribution in [2.75, 3.05) is 20.8 Å². The number of rotatable bonds is 7. The number of carbonyl (C=O) groups is 1. The van der Waals surface area contributed by atoms with E-state index in [0.717, 1.165) is 22.6 Å². The zero-order chi connectivity index (χ0) is 24.1. The predicted molar refractivity (Wildman–Crippen MR) is 130 cm³/mol. The highest BCUT2D eigenvalue weighted by Gasteiger charge is 2.27. The molecule has 34 heavy (non-hydrogen) atoms. The van der Waals surface area contributed by atoms with Gasteiger partial charge in [0.1, 0.15) is 11.9 Å². The van der Waals surface area contributed by atoms with Crippen LogP contribution in [0.3, 0.4) is 0 Å². The first-order valence-corrected chi connectivity index (χ1v) is 11.1. The van der Waals surface area contributed by atoms with Crippen molar-refractivity contribution in [3.05, 3.63) is 95.1 Å². The minimum Gasteiger partial charge on any atom is -0.504 e. The highest BCUT2D eigenvalue weighted by molar-refractivity contribution is 5.89. The van der Waals surface area contributed by atoms with E-state index in [-0.39, 0.29) is 23.9 Å². The minimum atomic E-state index is -0.384. The standard InChI is InChI=1S/C27H28N2O5/c1-4-34-24-7-5-6-21(25(24)30)23-16-22(17-12-14-20(32-2)15-13-17)28-26(29-23)18-8-10-19(11-9-18)27(31)33-3/h5-16,23,26,28-30H,4H2,1-3H3. The van der Waals surface area contributed by atoms with E-state index in [4.69, 9.17) is 14.2 Å². The number of esters is 1. The molecule has 0 amide bonds. The zero-order valence-corrected chi connectivity index (χ0v) is 19.4. The number of nitrogens with one attached hydrogen (secondary N) is 2. The first kappa shape index (κ1) is 23.2. The molecule has 0 aromatic heterocycles. The highest BCUT2D eigenvalue weighted by Crippen LogP contribution is 2.38. The number of ether oxygens (including phenoxy) is 3. The molecule has 0 radical (unpaired) electrons. The molecule has 3 aromatic rings. The summed E-state index contributed by atoms with van der Waals surface area (Å²) in [5.74, 6) is 0.935. The summed E-state index contributed by atoms with van der Waals surface area (Å²) < 4.78 is 15.7. The first-order valence-electron chi connectivity index (χ1n) is 11.1. The largest absolute Gasteiger partial charge is 0.504 e. The number of benzene rings is 3. The summed E-state index contributed by atoms with van der Waals surface area (Å²) in [7, 11) is 3.00. The van der Waals surface area contributed by atoms with Crippen LogP contribution in [0.25, 0.3) is 5.70 Å². The molecule has 2 atom stereocenters. The normalized spacial score (nSPS) is 17.3. The Morgan fingerprint density at radius 2 is 1.74 bits per heavy atom. The second kappa shape index (κ2) is 10.3. The van der Waals surface area contributed by atoms with E-state index in [0.29, 0.717) is 23.5 Å². The van der Waals surface area contributed by atoms with Gasteiger partial charge in [-0.3, -0.25) is 5.32 Å². The van der Waals surface area contributed by atoms with Gasteiger partial charge < -0.3 is 24.6 Å². The average Bonchev–Trinajstić information content (AvgIpc) is 2.89. The predicted octanol–water partition coefficient (Wildman–Crippen LogP) is 4.56. The van der Waals surface area contributed by atoms with Gasteiger partial charge in [-0.05, 0) is 66.6 Å². The molecule has 3 N–H and O–H groups in total. The van der Waals surface area contributed by atoms with Gasteiger partial charge in [0.2, 0.25) is 0 Å². The van der Waals surface area contributed by atoms with Crippen LogP contribution in [0.15, 0.2) is 72.8 Å². The number of aromatic hydroxyl groups is 1. The van der Waals surface area contributed by atoms with Crippen LogP contribution < -0.4 is 20.1 Å². The molecule has 1 aliphatic heterocycles. The third kappa shape index (κ3) is 4.84. The molecule has 0 bridgehead atoms. The Hall–Kier alpha value is -3.97. The van der Waals surface area contributed by atoms with Crippen LogP contribution in [-0.2, 0) is 4.74 Å². The fourth-order valence-electron chi connectivity index (χ4n) is 3.94. The van der Waals surface area contributed by atoms with Crippen molar-refractivity contribution >= 4 is 11.7 Å². The van der Waals surface area contributed by atoms with Crippen molar-refractivity contribution in [2.24, 2.45) is 0 Å². The van der Waals surface area contributed by atoms with Gasteiger partial charge in [-0.25, -0.2) is 4.79 Å². The SMILES string of the molecule is CCOc1cccc(C2C=C(c3ccc(OC)cc3)NC(c3ccc(C(=O)OC)cc3)N2)c1O. The molecule has 1 heterocycles. The molecule has 7 heteroatoms. The Labute approximate surface area is 199 Å². The van der Waals surface area contributed by atoms with E-state index in [9.17, 15) is 9.90 Å². The third-order valence-electron chi connectivity index (χ3n) is 5.71. The number of hydrogen-bond donors (Lipinski definition) is 3. The number of para-hydroxylation sites is 1. The maximum absolute atomic E-state index is 11.8. The van der Waals surface area contributed by atoms with E-state index in [1.54, 1.807) is 25.3 Å². The third-order valence-corrected chi connectivity index (χ3v) is 5.71. The Kier molecular flexibility index (Phi) is 7.04. The van der Waals surface area contributed by atoms with Gasteiger partial charge in [-0.15, -0.1) is 0 Å². The van der Waals surface area contributed by atoms with Gasteiger partial charge in [0, 0.05) is 11.3 Å². The molecule has 0 saturated carbocycles. The molecular weight excluding hydrogens is 432 g/mol. The highest BCUT2D eigenvalue weighted by atomic mass is 16.5. The zero-order valence-electron chi connectivity index (χ0n) is 19.4. The molecule has 176 valence electrons. The van der Waals surface area contributed by atoms with Gasteiger partial charge >= 0.3 is 5.97 Å². The van der Waals surface area contributed by atoms with Gasteiger partial charge in [0.25, 0.3) is 0 Å². The van der Waals surface area contributed by atoms with Crippen molar-refractivity contribution in [3.8, 4) is 17.2 Å². The maximum Gasteiger partial charge on any atom is 0.337 e. The smallest absolute Gasteiger partial charge is 0.337 e. The molecule has 3 aromatic carbocycles. The van der Waals surface area contributed by atoms with Crippen molar-refractivity contribution in [1.29, 1.82) is 0 Å². The molecule has 4 rings (SSSR count). The van der Waals surface area contributed by atoms with Crippen molar-refractivity contribution in [3.63, 3.8) is 0 Å². The van der Waals surface area contributed by atoms with E-state index in [1.165, 1.54) is 7.11 Å². The molecular formula is C27H28N2O5. The summed E-state index contributed by atoms with van der Waals surface area (Å²) in [6, 6.07) is 20.2. The van der Waals surface area contributed by atoms with Crippen molar-refractivity contribution in [2.45, 2.75) is 19.1 Å². The fourth-order valence-corrected chi connectivity index (χ4v) is 3.94. The van der Waals surface area contributed by atoms with Crippen LogP contribution in [0, 0.1) is 0 Å². The molecule has 0 fully saturated rings. The molecule has 0 aliphatic carbocycles. The molecule has 7 nitrogen and oxygen atoms in total. The summed E-state index contributed by atoms with van der Waals surface area (Å²) in [5.41, 5.74) is 3.98. The van der Waals surface area contributed by atoms with Crippen LogP contribution in [0.4, 0.5) is 0 Å². The summed E-state index contributed by atoms with van der Waals surface area (Å²) in [6.07, 6.45) is 1.75.